The molecule has 0 aliphatic carbocycles. The molecule has 1 aromatic rings. The summed E-state index contributed by atoms with van der Waals surface area (Å²) < 4.78 is 18.7. The van der Waals surface area contributed by atoms with Crippen molar-refractivity contribution in [1.29, 1.82) is 0 Å². The first-order valence-electron chi connectivity index (χ1n) is 4.67. The molecule has 0 fully saturated rings. The van der Waals surface area contributed by atoms with E-state index in [2.05, 4.69) is 0 Å². The molecule has 2 N–H and O–H groups in total. The summed E-state index contributed by atoms with van der Waals surface area (Å²) in [6.07, 6.45) is -0.730. The largest absolute Gasteiger partial charge is 0.496 e. The lowest BCUT2D eigenvalue weighted by molar-refractivity contribution is 0.294. The minimum absolute atomic E-state index is 0.144. The van der Waals surface area contributed by atoms with E-state index in [0.29, 0.717) is 17.7 Å². The summed E-state index contributed by atoms with van der Waals surface area (Å²) in [6.45, 7) is 1.79. The Morgan fingerprint density at radius 3 is 2.64 bits per heavy atom. The van der Waals surface area contributed by atoms with Crippen LogP contribution in [0.3, 0.4) is 0 Å². The van der Waals surface area contributed by atoms with Crippen molar-refractivity contribution in [2.24, 2.45) is 5.73 Å². The van der Waals surface area contributed by atoms with Crippen molar-refractivity contribution in [3.05, 3.63) is 29.8 Å². The van der Waals surface area contributed by atoms with Crippen LogP contribution in [0.2, 0.25) is 0 Å². The van der Waals surface area contributed by atoms with Crippen molar-refractivity contribution in [3.63, 3.8) is 0 Å². The zero-order valence-electron chi connectivity index (χ0n) is 8.53. The molecule has 0 bridgehead atoms. The smallest absolute Gasteiger partial charge is 0.130 e. The van der Waals surface area contributed by atoms with E-state index in [0.717, 1.165) is 0 Å². The van der Waals surface area contributed by atoms with Crippen LogP contribution in [0, 0.1) is 0 Å². The van der Waals surface area contributed by atoms with E-state index in [-0.39, 0.29) is 6.04 Å². The summed E-state index contributed by atoms with van der Waals surface area (Å²) >= 11 is 0. The van der Waals surface area contributed by atoms with E-state index in [1.54, 1.807) is 25.1 Å². The average molecular weight is 197 g/mol. The van der Waals surface area contributed by atoms with Crippen molar-refractivity contribution in [2.75, 3.05) is 7.11 Å². The normalized spacial score (nSPS) is 14.9. The summed E-state index contributed by atoms with van der Waals surface area (Å²) in [6, 6.07) is 6.96. The number of ether oxygens (including phenoxy) is 1. The van der Waals surface area contributed by atoms with E-state index >= 15 is 0 Å². The summed E-state index contributed by atoms with van der Waals surface area (Å²) in [5.41, 5.74) is 6.12. The third-order valence-corrected chi connectivity index (χ3v) is 2.06. The van der Waals surface area contributed by atoms with Crippen LogP contribution in [0.15, 0.2) is 24.3 Å². The fourth-order valence-electron chi connectivity index (χ4n) is 1.38. The monoisotopic (exact) mass is 197 g/mol. The fraction of sp³-hybridized carbons (Fsp3) is 0.455. The van der Waals surface area contributed by atoms with Gasteiger partial charge in [-0.05, 0) is 19.4 Å². The molecule has 3 heteroatoms. The van der Waals surface area contributed by atoms with Gasteiger partial charge in [-0.25, -0.2) is 4.39 Å². The van der Waals surface area contributed by atoms with Gasteiger partial charge in [-0.1, -0.05) is 18.2 Å². The fourth-order valence-corrected chi connectivity index (χ4v) is 1.38. The maximum absolute atomic E-state index is 13.7. The zero-order chi connectivity index (χ0) is 10.6. The minimum Gasteiger partial charge on any atom is -0.496 e. The van der Waals surface area contributed by atoms with Crippen molar-refractivity contribution in [1.82, 2.24) is 0 Å². The van der Waals surface area contributed by atoms with Crippen LogP contribution in [0.4, 0.5) is 4.39 Å². The number of rotatable bonds is 4. The lowest BCUT2D eigenvalue weighted by atomic mass is 10.0. The molecule has 0 aliphatic rings. The van der Waals surface area contributed by atoms with Gasteiger partial charge >= 0.3 is 0 Å². The second-order valence-corrected chi connectivity index (χ2v) is 3.42. The molecule has 0 saturated heterocycles. The van der Waals surface area contributed by atoms with Crippen molar-refractivity contribution in [2.45, 2.75) is 25.6 Å². The van der Waals surface area contributed by atoms with E-state index in [9.17, 15) is 4.39 Å². The lowest BCUT2D eigenvalue weighted by Crippen LogP contribution is -2.17. The van der Waals surface area contributed by atoms with Gasteiger partial charge in [-0.2, -0.15) is 0 Å². The molecule has 2 nitrogen and oxygen atoms in total. The highest BCUT2D eigenvalue weighted by molar-refractivity contribution is 5.35. The van der Waals surface area contributed by atoms with Crippen LogP contribution in [-0.4, -0.2) is 13.2 Å². The molecule has 0 saturated carbocycles. The Bertz CT molecular complexity index is 288. The summed E-state index contributed by atoms with van der Waals surface area (Å²) in [5.74, 6) is 0.584. The van der Waals surface area contributed by atoms with Crippen molar-refractivity contribution in [3.8, 4) is 5.75 Å². The molecule has 1 aromatic carbocycles. The highest BCUT2D eigenvalue weighted by Gasteiger charge is 2.15. The molecular weight excluding hydrogens is 181 g/mol. The Hall–Kier alpha value is -1.09. The van der Waals surface area contributed by atoms with E-state index in [1.165, 1.54) is 7.11 Å². The number of para-hydroxylation sites is 1. The minimum atomic E-state index is -1.05. The third kappa shape index (κ3) is 2.70. The van der Waals surface area contributed by atoms with Gasteiger partial charge < -0.3 is 10.5 Å². The topological polar surface area (TPSA) is 35.2 Å². The molecule has 0 radical (unpaired) electrons. The van der Waals surface area contributed by atoms with Crippen molar-refractivity contribution >= 4 is 0 Å². The van der Waals surface area contributed by atoms with Gasteiger partial charge in [0, 0.05) is 11.6 Å². The molecular formula is C11H16FNO. The Kier molecular flexibility index (Phi) is 3.89. The molecule has 1 rings (SSSR count). The first-order chi connectivity index (χ1) is 6.65. The van der Waals surface area contributed by atoms with E-state index < -0.39 is 6.17 Å². The van der Waals surface area contributed by atoms with E-state index in [4.69, 9.17) is 10.5 Å². The SMILES string of the molecule is COc1ccccc1C(F)CC(C)N. The Labute approximate surface area is 83.9 Å². The molecule has 0 aliphatic heterocycles. The quantitative estimate of drug-likeness (QED) is 0.804. The maximum Gasteiger partial charge on any atom is 0.130 e. The average Bonchev–Trinajstić information content (AvgIpc) is 2.16. The molecule has 0 spiro atoms. The van der Waals surface area contributed by atoms with E-state index in [1.807, 2.05) is 6.07 Å². The Morgan fingerprint density at radius 1 is 1.43 bits per heavy atom. The van der Waals surface area contributed by atoms with Gasteiger partial charge in [0.05, 0.1) is 7.11 Å². The predicted octanol–water partition coefficient (Wildman–Crippen LogP) is 2.44. The second-order valence-electron chi connectivity index (χ2n) is 3.42. The van der Waals surface area contributed by atoms with Gasteiger partial charge in [0.2, 0.25) is 0 Å². The molecule has 0 aromatic heterocycles. The van der Waals surface area contributed by atoms with Gasteiger partial charge in [0.25, 0.3) is 0 Å². The first kappa shape index (κ1) is 11.0. The maximum atomic E-state index is 13.7. The van der Waals surface area contributed by atoms with Gasteiger partial charge in [0.15, 0.2) is 0 Å². The summed E-state index contributed by atoms with van der Waals surface area (Å²) in [7, 11) is 1.54. The standard InChI is InChI=1S/C11H16FNO/c1-8(13)7-10(12)9-5-3-4-6-11(9)14-2/h3-6,8,10H,7,13H2,1-2H3. The number of hydrogen-bond acceptors (Lipinski definition) is 2. The van der Waals surface area contributed by atoms with Gasteiger partial charge in [0.1, 0.15) is 11.9 Å². The van der Waals surface area contributed by atoms with Crippen LogP contribution < -0.4 is 10.5 Å². The number of hydrogen-bond donors (Lipinski definition) is 1. The highest BCUT2D eigenvalue weighted by Crippen LogP contribution is 2.30. The van der Waals surface area contributed by atoms with Crippen LogP contribution in [0.1, 0.15) is 25.1 Å². The molecule has 0 amide bonds. The molecule has 2 atom stereocenters. The van der Waals surface area contributed by atoms with Crippen LogP contribution >= 0.6 is 0 Å². The number of methoxy groups -OCH3 is 1. The number of nitrogens with two attached hydrogens (primary N) is 1. The zero-order valence-corrected chi connectivity index (χ0v) is 8.53. The number of benzene rings is 1. The molecule has 78 valence electrons. The summed E-state index contributed by atoms with van der Waals surface area (Å²) in [5, 5.41) is 0. The Balaban J connectivity index is 2.82. The number of alkyl halides is 1. The lowest BCUT2D eigenvalue weighted by Gasteiger charge is -2.14. The summed E-state index contributed by atoms with van der Waals surface area (Å²) in [4.78, 5) is 0. The number of halogens is 1. The third-order valence-electron chi connectivity index (χ3n) is 2.06. The molecule has 0 heterocycles. The highest BCUT2D eigenvalue weighted by atomic mass is 19.1. The van der Waals surface area contributed by atoms with Gasteiger partial charge in [-0.3, -0.25) is 0 Å². The Morgan fingerprint density at radius 2 is 2.07 bits per heavy atom. The van der Waals surface area contributed by atoms with Crippen molar-refractivity contribution < 1.29 is 9.13 Å². The molecule has 14 heavy (non-hydrogen) atoms. The van der Waals surface area contributed by atoms with Crippen LogP contribution in [0.5, 0.6) is 5.75 Å². The van der Waals surface area contributed by atoms with Crippen LogP contribution in [-0.2, 0) is 0 Å². The first-order valence-corrected chi connectivity index (χ1v) is 4.67. The second kappa shape index (κ2) is 4.96. The van der Waals surface area contributed by atoms with Crippen LogP contribution in [0.25, 0.3) is 0 Å². The van der Waals surface area contributed by atoms with Gasteiger partial charge in [-0.15, -0.1) is 0 Å². The predicted molar refractivity (Wildman–Crippen MR) is 55.1 cm³/mol. The molecule has 2 unspecified atom stereocenters.